The number of fused-ring (bicyclic) bond motifs is 2. The topological polar surface area (TPSA) is 54.9 Å². The van der Waals surface area contributed by atoms with Crippen LogP contribution in [0.2, 0.25) is 0 Å². The molecule has 0 aliphatic heterocycles. The molecule has 1 aromatic heterocycles. The summed E-state index contributed by atoms with van der Waals surface area (Å²) in [6, 6.07) is 22.5. The molecule has 1 atom stereocenters. The average Bonchev–Trinajstić information content (AvgIpc) is 2.83. The van der Waals surface area contributed by atoms with Gasteiger partial charge in [-0.3, -0.25) is 4.79 Å². The van der Waals surface area contributed by atoms with E-state index >= 15 is 0 Å². The summed E-state index contributed by atoms with van der Waals surface area (Å²) < 4.78 is 13.3. The van der Waals surface area contributed by atoms with Gasteiger partial charge in [-0.05, 0) is 54.7 Å². The van der Waals surface area contributed by atoms with E-state index in [2.05, 4.69) is 33.7 Å². The molecular weight excluding hydrogens is 421 g/mol. The summed E-state index contributed by atoms with van der Waals surface area (Å²) in [5, 5.41) is 14.6. The van der Waals surface area contributed by atoms with Gasteiger partial charge in [-0.1, -0.05) is 60.3 Å². The van der Waals surface area contributed by atoms with Crippen molar-refractivity contribution in [3.05, 3.63) is 89.7 Å². The summed E-state index contributed by atoms with van der Waals surface area (Å²) in [7, 11) is 0. The quantitative estimate of drug-likeness (QED) is 0.401. The highest BCUT2D eigenvalue weighted by molar-refractivity contribution is 8.00. The zero-order valence-corrected chi connectivity index (χ0v) is 18.2. The summed E-state index contributed by atoms with van der Waals surface area (Å²) in [6.07, 6.45) is 3.11. The Bertz CT molecular complexity index is 1280. The Morgan fingerprint density at radius 1 is 0.969 bits per heavy atom. The monoisotopic (exact) mass is 443 g/mol. The molecule has 1 aliphatic carbocycles. The SMILES string of the molecule is O=C(CSc1nnc(-c2ccc(F)cc2)c2ccccc12)NC1CCCc2ccccc21. The van der Waals surface area contributed by atoms with Crippen molar-refractivity contribution in [1.29, 1.82) is 0 Å². The van der Waals surface area contributed by atoms with E-state index in [0.717, 1.165) is 35.6 Å². The van der Waals surface area contributed by atoms with E-state index in [0.29, 0.717) is 10.7 Å². The molecule has 0 saturated heterocycles. The lowest BCUT2D eigenvalue weighted by molar-refractivity contribution is -0.119. The third-order valence-electron chi connectivity index (χ3n) is 5.82. The number of benzene rings is 3. The normalized spacial score (nSPS) is 15.3. The van der Waals surface area contributed by atoms with E-state index in [1.165, 1.54) is 35.0 Å². The van der Waals surface area contributed by atoms with Crippen LogP contribution in [0.3, 0.4) is 0 Å². The molecule has 5 rings (SSSR count). The summed E-state index contributed by atoms with van der Waals surface area (Å²) in [5.41, 5.74) is 4.06. The Labute approximate surface area is 190 Å². The van der Waals surface area contributed by atoms with Gasteiger partial charge in [0.25, 0.3) is 0 Å². The third-order valence-corrected chi connectivity index (χ3v) is 6.80. The van der Waals surface area contributed by atoms with Crippen LogP contribution in [0.1, 0.15) is 30.0 Å². The molecule has 1 amide bonds. The van der Waals surface area contributed by atoms with E-state index in [1.807, 2.05) is 30.3 Å². The Kier molecular flexibility index (Phi) is 5.86. The smallest absolute Gasteiger partial charge is 0.230 e. The number of halogens is 1. The van der Waals surface area contributed by atoms with Gasteiger partial charge in [0.05, 0.1) is 11.8 Å². The molecule has 4 nitrogen and oxygen atoms in total. The first-order valence-corrected chi connectivity index (χ1v) is 11.7. The Hall–Kier alpha value is -3.25. The summed E-state index contributed by atoms with van der Waals surface area (Å²) in [4.78, 5) is 12.7. The molecule has 160 valence electrons. The molecule has 1 N–H and O–H groups in total. The maximum Gasteiger partial charge on any atom is 0.230 e. The largest absolute Gasteiger partial charge is 0.349 e. The molecule has 0 spiro atoms. The van der Waals surface area contributed by atoms with Crippen LogP contribution in [0.4, 0.5) is 4.39 Å². The van der Waals surface area contributed by atoms with Crippen molar-refractivity contribution >= 4 is 28.4 Å². The van der Waals surface area contributed by atoms with E-state index in [1.54, 1.807) is 12.1 Å². The molecule has 4 aromatic rings. The van der Waals surface area contributed by atoms with Gasteiger partial charge in [0.1, 0.15) is 16.5 Å². The number of carbonyl (C=O) groups excluding carboxylic acids is 1. The standard InChI is InChI=1S/C26H22FN3OS/c27-19-14-12-18(13-15-19)25-21-9-3-4-10-22(21)26(30-29-25)32-16-24(31)28-23-11-5-7-17-6-1-2-8-20(17)23/h1-4,6,8-10,12-15,23H,5,7,11,16H2,(H,28,31). The first-order chi connectivity index (χ1) is 15.7. The van der Waals surface area contributed by atoms with Crippen LogP contribution in [0, 0.1) is 5.82 Å². The highest BCUT2D eigenvalue weighted by Gasteiger charge is 2.21. The summed E-state index contributed by atoms with van der Waals surface area (Å²) >= 11 is 1.39. The number of nitrogens with one attached hydrogen (secondary N) is 1. The van der Waals surface area contributed by atoms with Crippen molar-refractivity contribution in [2.75, 3.05) is 5.75 Å². The maximum absolute atomic E-state index is 13.3. The highest BCUT2D eigenvalue weighted by atomic mass is 32.2. The van der Waals surface area contributed by atoms with Gasteiger partial charge in [-0.15, -0.1) is 10.2 Å². The molecular formula is C26H22FN3OS. The lowest BCUT2D eigenvalue weighted by Gasteiger charge is -2.26. The molecule has 6 heteroatoms. The fourth-order valence-electron chi connectivity index (χ4n) is 4.28. The van der Waals surface area contributed by atoms with Gasteiger partial charge >= 0.3 is 0 Å². The summed E-state index contributed by atoms with van der Waals surface area (Å²) in [5.74, 6) is -0.0252. The van der Waals surface area contributed by atoms with Crippen molar-refractivity contribution < 1.29 is 9.18 Å². The first-order valence-electron chi connectivity index (χ1n) is 10.7. The van der Waals surface area contributed by atoms with Crippen LogP contribution in [0.5, 0.6) is 0 Å². The second-order valence-corrected chi connectivity index (χ2v) is 8.87. The minimum Gasteiger partial charge on any atom is -0.349 e. The molecule has 3 aromatic carbocycles. The zero-order valence-electron chi connectivity index (χ0n) is 17.4. The van der Waals surface area contributed by atoms with Gasteiger partial charge in [-0.2, -0.15) is 0 Å². The highest BCUT2D eigenvalue weighted by Crippen LogP contribution is 2.32. The van der Waals surface area contributed by atoms with Gasteiger partial charge in [0, 0.05) is 16.3 Å². The van der Waals surface area contributed by atoms with Gasteiger partial charge in [0.2, 0.25) is 5.91 Å². The number of amides is 1. The molecule has 0 saturated carbocycles. The average molecular weight is 444 g/mol. The van der Waals surface area contributed by atoms with Gasteiger partial charge < -0.3 is 5.32 Å². The number of hydrogen-bond donors (Lipinski definition) is 1. The molecule has 0 radical (unpaired) electrons. The predicted molar refractivity (Wildman–Crippen MR) is 126 cm³/mol. The second kappa shape index (κ2) is 9.09. The predicted octanol–water partition coefficient (Wildman–Crippen LogP) is 5.72. The molecule has 0 fully saturated rings. The van der Waals surface area contributed by atoms with Gasteiger partial charge in [0.15, 0.2) is 0 Å². The number of hydrogen-bond acceptors (Lipinski definition) is 4. The molecule has 32 heavy (non-hydrogen) atoms. The molecule has 0 bridgehead atoms. The van der Waals surface area contributed by atoms with Crippen LogP contribution in [-0.4, -0.2) is 21.9 Å². The van der Waals surface area contributed by atoms with Crippen molar-refractivity contribution in [3.63, 3.8) is 0 Å². The number of aromatic nitrogens is 2. The third kappa shape index (κ3) is 4.23. The van der Waals surface area contributed by atoms with Crippen molar-refractivity contribution in [2.45, 2.75) is 30.3 Å². The van der Waals surface area contributed by atoms with Crippen LogP contribution >= 0.6 is 11.8 Å². The van der Waals surface area contributed by atoms with Crippen LogP contribution in [-0.2, 0) is 11.2 Å². The molecule has 1 aliphatic rings. The van der Waals surface area contributed by atoms with E-state index < -0.39 is 0 Å². The van der Waals surface area contributed by atoms with Gasteiger partial charge in [-0.25, -0.2) is 4.39 Å². The number of thioether (sulfide) groups is 1. The number of rotatable bonds is 5. The number of carbonyl (C=O) groups is 1. The van der Waals surface area contributed by atoms with Crippen molar-refractivity contribution in [3.8, 4) is 11.3 Å². The van der Waals surface area contributed by atoms with E-state index in [-0.39, 0.29) is 23.5 Å². The lowest BCUT2D eigenvalue weighted by Crippen LogP contribution is -2.32. The van der Waals surface area contributed by atoms with Crippen LogP contribution in [0.25, 0.3) is 22.0 Å². The number of aryl methyl sites for hydroxylation is 1. The van der Waals surface area contributed by atoms with Crippen LogP contribution < -0.4 is 5.32 Å². The fraction of sp³-hybridized carbons (Fsp3) is 0.192. The van der Waals surface area contributed by atoms with E-state index in [9.17, 15) is 9.18 Å². The van der Waals surface area contributed by atoms with Crippen molar-refractivity contribution in [1.82, 2.24) is 15.5 Å². The Morgan fingerprint density at radius 3 is 2.56 bits per heavy atom. The summed E-state index contributed by atoms with van der Waals surface area (Å²) in [6.45, 7) is 0. The first kappa shape index (κ1) is 20.6. The van der Waals surface area contributed by atoms with Crippen molar-refractivity contribution in [2.24, 2.45) is 0 Å². The Morgan fingerprint density at radius 2 is 1.72 bits per heavy atom. The molecule has 1 heterocycles. The zero-order chi connectivity index (χ0) is 21.9. The van der Waals surface area contributed by atoms with E-state index in [4.69, 9.17) is 0 Å². The minimum atomic E-state index is -0.287. The van der Waals surface area contributed by atoms with Crippen LogP contribution in [0.15, 0.2) is 77.8 Å². The number of nitrogens with zero attached hydrogens (tertiary/aromatic N) is 2. The lowest BCUT2D eigenvalue weighted by atomic mass is 9.88. The fourth-order valence-corrected chi connectivity index (χ4v) is 5.06. The second-order valence-electron chi connectivity index (χ2n) is 7.91. The Balaban J connectivity index is 1.34. The minimum absolute atomic E-state index is 0.00908. The molecule has 1 unspecified atom stereocenters. The maximum atomic E-state index is 13.3.